The lowest BCUT2D eigenvalue weighted by molar-refractivity contribution is 1.50. The molecule has 8 heavy (non-hydrogen) atoms. The molecule has 1 rings (SSSR count). The van der Waals surface area contributed by atoms with Gasteiger partial charge in [0, 0.05) is 5.38 Å². The van der Waals surface area contributed by atoms with Gasteiger partial charge in [-0.2, -0.15) is 0 Å². The van der Waals surface area contributed by atoms with Crippen molar-refractivity contribution in [1.82, 2.24) is 0 Å². The average molecular weight is 164 g/mol. The van der Waals surface area contributed by atoms with Crippen LogP contribution in [-0.2, 0) is 0 Å². The van der Waals surface area contributed by atoms with Crippen molar-refractivity contribution in [2.45, 2.75) is 13.8 Å². The Bertz CT molecular complexity index is 145. The fourth-order valence-electron chi connectivity index (χ4n) is 0.186. The predicted molar refractivity (Wildman–Crippen MR) is 44.4 cm³/mol. The summed E-state index contributed by atoms with van der Waals surface area (Å²) in [6.45, 7) is 4.00. The molecule has 46 valence electrons. The van der Waals surface area contributed by atoms with E-state index in [1.54, 1.807) is 20.7 Å². The van der Waals surface area contributed by atoms with E-state index in [2.05, 4.69) is 0 Å². The van der Waals surface area contributed by atoms with Gasteiger partial charge in [-0.05, 0) is 6.07 Å². The van der Waals surface area contributed by atoms with Gasteiger partial charge in [0.25, 0.3) is 0 Å². The molecule has 0 amide bonds. The number of rotatable bonds is 0. The zero-order valence-corrected chi connectivity index (χ0v) is 7.33. The molecule has 3 heteroatoms. The van der Waals surface area contributed by atoms with Gasteiger partial charge in [0.05, 0.1) is 0 Å². The summed E-state index contributed by atoms with van der Waals surface area (Å²) in [4.78, 5) is 0. The summed E-state index contributed by atoms with van der Waals surface area (Å²) in [5.74, 6) is 0. The van der Waals surface area contributed by atoms with Crippen molar-refractivity contribution in [3.05, 3.63) is 15.3 Å². The standard InChI is InChI=1S/C3H2S3.C2H6/c4-3-1-2-5-6-3;1-2/h1-2H;1-2H3. The molecule has 0 bridgehead atoms. The first-order valence-corrected chi connectivity index (χ1v) is 5.05. The Morgan fingerprint density at radius 3 is 2.25 bits per heavy atom. The minimum absolute atomic E-state index is 0.986. The molecular weight excluding hydrogens is 156 g/mol. The quantitative estimate of drug-likeness (QED) is 0.417. The van der Waals surface area contributed by atoms with Crippen molar-refractivity contribution < 1.29 is 0 Å². The number of hydrogen-bond acceptors (Lipinski definition) is 3. The topological polar surface area (TPSA) is 0 Å². The molecule has 0 aromatic carbocycles. The molecule has 0 atom stereocenters. The van der Waals surface area contributed by atoms with E-state index in [0.717, 1.165) is 3.82 Å². The van der Waals surface area contributed by atoms with E-state index in [0.29, 0.717) is 0 Å². The second kappa shape index (κ2) is 5.41. The molecule has 0 aliphatic carbocycles. The Kier molecular flexibility index (Phi) is 5.59. The summed E-state index contributed by atoms with van der Waals surface area (Å²) in [7, 11) is 3.31. The molecule has 0 N–H and O–H groups in total. The molecule has 1 heterocycles. The Balaban J connectivity index is 0.000000222. The normalized spacial score (nSPS) is 7.25. The van der Waals surface area contributed by atoms with Crippen molar-refractivity contribution in [2.24, 2.45) is 0 Å². The van der Waals surface area contributed by atoms with Gasteiger partial charge in [-0.3, -0.25) is 0 Å². The third-order valence-electron chi connectivity index (χ3n) is 0.390. The van der Waals surface area contributed by atoms with Crippen LogP contribution in [0.15, 0.2) is 11.4 Å². The van der Waals surface area contributed by atoms with Crippen LogP contribution in [0.2, 0.25) is 0 Å². The molecule has 0 radical (unpaired) electrons. The van der Waals surface area contributed by atoms with E-state index in [1.165, 1.54) is 0 Å². The SMILES string of the molecule is CC.S=c1ccss1. The molecule has 0 nitrogen and oxygen atoms in total. The fraction of sp³-hybridized carbons (Fsp3) is 0.400. The Morgan fingerprint density at radius 1 is 1.50 bits per heavy atom. The zero-order chi connectivity index (χ0) is 6.41. The van der Waals surface area contributed by atoms with Gasteiger partial charge >= 0.3 is 0 Å². The third kappa shape index (κ3) is 3.29. The summed E-state index contributed by atoms with van der Waals surface area (Å²) in [6.07, 6.45) is 0. The summed E-state index contributed by atoms with van der Waals surface area (Å²) < 4.78 is 0.986. The van der Waals surface area contributed by atoms with E-state index < -0.39 is 0 Å². The maximum absolute atomic E-state index is 4.77. The second-order valence-electron chi connectivity index (χ2n) is 0.801. The minimum atomic E-state index is 0.986. The second-order valence-corrected chi connectivity index (χ2v) is 3.65. The van der Waals surface area contributed by atoms with Gasteiger partial charge in [0.1, 0.15) is 3.82 Å². The third-order valence-corrected chi connectivity index (χ3v) is 2.90. The van der Waals surface area contributed by atoms with Crippen LogP contribution in [0.25, 0.3) is 0 Å². The molecule has 1 aromatic rings. The lowest BCUT2D eigenvalue weighted by atomic mass is 10.8. The van der Waals surface area contributed by atoms with Crippen LogP contribution in [0.5, 0.6) is 0 Å². The molecule has 0 saturated heterocycles. The van der Waals surface area contributed by atoms with Gasteiger partial charge in [-0.1, -0.05) is 46.7 Å². The van der Waals surface area contributed by atoms with Crippen LogP contribution in [0.4, 0.5) is 0 Å². The lowest BCUT2D eigenvalue weighted by Crippen LogP contribution is -1.25. The minimum Gasteiger partial charge on any atom is -0.0872 e. The summed E-state index contributed by atoms with van der Waals surface area (Å²) in [6, 6.07) is 1.94. The monoisotopic (exact) mass is 164 g/mol. The van der Waals surface area contributed by atoms with Crippen molar-refractivity contribution in [3.8, 4) is 0 Å². The molecular formula is C5H8S3. The van der Waals surface area contributed by atoms with E-state index in [4.69, 9.17) is 12.2 Å². The van der Waals surface area contributed by atoms with Gasteiger partial charge < -0.3 is 0 Å². The van der Waals surface area contributed by atoms with E-state index >= 15 is 0 Å². The maximum Gasteiger partial charge on any atom is 0.101 e. The van der Waals surface area contributed by atoms with Crippen molar-refractivity contribution >= 4 is 32.9 Å². The lowest BCUT2D eigenvalue weighted by Gasteiger charge is -1.46. The van der Waals surface area contributed by atoms with Crippen molar-refractivity contribution in [2.75, 3.05) is 0 Å². The summed E-state index contributed by atoms with van der Waals surface area (Å²) in [5.41, 5.74) is 0. The highest BCUT2D eigenvalue weighted by molar-refractivity contribution is 7.79. The van der Waals surface area contributed by atoms with Crippen LogP contribution >= 0.6 is 32.9 Å². The van der Waals surface area contributed by atoms with Gasteiger partial charge in [-0.25, -0.2) is 0 Å². The van der Waals surface area contributed by atoms with Crippen LogP contribution in [0.3, 0.4) is 0 Å². The molecule has 1 aromatic heterocycles. The smallest absolute Gasteiger partial charge is 0.0872 e. The number of hydrogen-bond donors (Lipinski definition) is 0. The molecule has 0 aliphatic rings. The van der Waals surface area contributed by atoms with Crippen LogP contribution < -0.4 is 0 Å². The molecule has 0 unspecified atom stereocenters. The predicted octanol–water partition coefficient (Wildman–Crippen LogP) is 3.57. The Hall–Kier alpha value is 0.270. The van der Waals surface area contributed by atoms with E-state index in [1.807, 2.05) is 25.3 Å². The highest BCUT2D eigenvalue weighted by Crippen LogP contribution is 2.07. The first kappa shape index (κ1) is 8.27. The van der Waals surface area contributed by atoms with Gasteiger partial charge in [-0.15, -0.1) is 0 Å². The zero-order valence-electron chi connectivity index (χ0n) is 4.88. The largest absolute Gasteiger partial charge is 0.101 e. The van der Waals surface area contributed by atoms with Crippen LogP contribution in [-0.4, -0.2) is 0 Å². The highest BCUT2D eigenvalue weighted by atomic mass is 32.9. The molecule has 0 fully saturated rings. The maximum atomic E-state index is 4.77. The molecule has 0 saturated carbocycles. The van der Waals surface area contributed by atoms with Crippen LogP contribution in [0, 0.1) is 3.82 Å². The van der Waals surface area contributed by atoms with E-state index in [9.17, 15) is 0 Å². The first-order valence-electron chi connectivity index (χ1n) is 2.43. The van der Waals surface area contributed by atoms with Crippen molar-refractivity contribution in [1.29, 1.82) is 0 Å². The van der Waals surface area contributed by atoms with Gasteiger partial charge in [0.15, 0.2) is 0 Å². The fourth-order valence-corrected chi connectivity index (χ4v) is 2.03. The molecule has 0 spiro atoms. The van der Waals surface area contributed by atoms with Crippen LogP contribution in [0.1, 0.15) is 13.8 Å². The van der Waals surface area contributed by atoms with Gasteiger partial charge in [0.2, 0.25) is 0 Å². The van der Waals surface area contributed by atoms with E-state index in [-0.39, 0.29) is 0 Å². The molecule has 0 aliphatic heterocycles. The Morgan fingerprint density at radius 2 is 2.12 bits per heavy atom. The van der Waals surface area contributed by atoms with Crippen molar-refractivity contribution in [3.63, 3.8) is 0 Å². The summed E-state index contributed by atoms with van der Waals surface area (Å²) >= 11 is 4.77. The summed E-state index contributed by atoms with van der Waals surface area (Å²) in [5, 5.41) is 1.99. The Labute approximate surface area is 62.2 Å². The average Bonchev–Trinajstić information content (AvgIpc) is 2.24. The first-order chi connectivity index (χ1) is 3.89. The highest BCUT2D eigenvalue weighted by Gasteiger charge is 1.70.